The number of hydrogen-bond acceptors (Lipinski definition) is 5. The molecule has 0 aliphatic rings. The van der Waals surface area contributed by atoms with Crippen LogP contribution in [0.3, 0.4) is 0 Å². The summed E-state index contributed by atoms with van der Waals surface area (Å²) in [6.45, 7) is 5.80. The lowest BCUT2D eigenvalue weighted by atomic mass is 10.1. The van der Waals surface area contributed by atoms with E-state index in [9.17, 15) is 9.59 Å². The summed E-state index contributed by atoms with van der Waals surface area (Å²) < 4.78 is 2.92. The van der Waals surface area contributed by atoms with Gasteiger partial charge in [0.1, 0.15) is 0 Å². The maximum atomic E-state index is 12.5. The van der Waals surface area contributed by atoms with E-state index in [1.807, 2.05) is 58.2 Å². The summed E-state index contributed by atoms with van der Waals surface area (Å²) in [7, 11) is 1.83. The van der Waals surface area contributed by atoms with Gasteiger partial charge in [0.15, 0.2) is 11.0 Å². The van der Waals surface area contributed by atoms with E-state index in [0.29, 0.717) is 16.5 Å². The Bertz CT molecular complexity index is 1100. The Morgan fingerprint density at radius 3 is 2.52 bits per heavy atom. The molecular formula is C22H24IN5O2S. The largest absolute Gasteiger partial charge is 0.342 e. The van der Waals surface area contributed by atoms with Crippen LogP contribution in [0.25, 0.3) is 0 Å². The Morgan fingerprint density at radius 2 is 1.84 bits per heavy atom. The lowest BCUT2D eigenvalue weighted by Crippen LogP contribution is -2.28. The van der Waals surface area contributed by atoms with Crippen molar-refractivity contribution < 1.29 is 9.59 Å². The summed E-state index contributed by atoms with van der Waals surface area (Å²) >= 11 is 3.54. The summed E-state index contributed by atoms with van der Waals surface area (Å²) in [5, 5.41) is 14.9. The van der Waals surface area contributed by atoms with Crippen LogP contribution in [0.2, 0.25) is 0 Å². The van der Waals surface area contributed by atoms with Crippen LogP contribution in [0.5, 0.6) is 0 Å². The van der Waals surface area contributed by atoms with Crippen LogP contribution in [0, 0.1) is 17.4 Å². The number of anilines is 1. The quantitative estimate of drug-likeness (QED) is 0.340. The van der Waals surface area contributed by atoms with E-state index in [0.717, 1.165) is 20.4 Å². The van der Waals surface area contributed by atoms with E-state index in [2.05, 4.69) is 43.4 Å². The van der Waals surface area contributed by atoms with Gasteiger partial charge in [-0.2, -0.15) is 0 Å². The molecule has 1 atom stereocenters. The molecule has 0 saturated heterocycles. The van der Waals surface area contributed by atoms with Crippen molar-refractivity contribution in [1.29, 1.82) is 0 Å². The first-order chi connectivity index (χ1) is 14.7. The molecule has 31 heavy (non-hydrogen) atoms. The predicted molar refractivity (Wildman–Crippen MR) is 131 cm³/mol. The zero-order valence-corrected chi connectivity index (χ0v) is 20.7. The smallest absolute Gasteiger partial charge is 0.251 e. The van der Waals surface area contributed by atoms with Gasteiger partial charge in [-0.1, -0.05) is 29.5 Å². The third-order valence-electron chi connectivity index (χ3n) is 4.71. The summed E-state index contributed by atoms with van der Waals surface area (Å²) in [6, 6.07) is 12.9. The molecule has 0 fully saturated rings. The van der Waals surface area contributed by atoms with Crippen LogP contribution < -0.4 is 10.6 Å². The Hall–Kier alpha value is -2.40. The monoisotopic (exact) mass is 549 g/mol. The van der Waals surface area contributed by atoms with Gasteiger partial charge in [-0.25, -0.2) is 0 Å². The highest BCUT2D eigenvalue weighted by atomic mass is 127. The Morgan fingerprint density at radius 1 is 1.13 bits per heavy atom. The average molecular weight is 549 g/mol. The number of halogens is 1. The maximum Gasteiger partial charge on any atom is 0.251 e. The summed E-state index contributed by atoms with van der Waals surface area (Å²) in [4.78, 5) is 24.8. The van der Waals surface area contributed by atoms with E-state index in [4.69, 9.17) is 0 Å². The van der Waals surface area contributed by atoms with Gasteiger partial charge in [-0.3, -0.25) is 9.59 Å². The number of nitrogens with zero attached hydrogens (tertiary/aromatic N) is 3. The molecule has 3 rings (SSSR count). The van der Waals surface area contributed by atoms with Gasteiger partial charge in [0.05, 0.1) is 11.8 Å². The Balaban J connectivity index is 1.58. The molecule has 162 valence electrons. The summed E-state index contributed by atoms with van der Waals surface area (Å²) in [5.41, 5.74) is 3.51. The number of hydrogen-bond donors (Lipinski definition) is 2. The van der Waals surface area contributed by atoms with Crippen LogP contribution in [-0.4, -0.2) is 32.3 Å². The van der Waals surface area contributed by atoms with Crippen molar-refractivity contribution in [3.63, 3.8) is 0 Å². The van der Waals surface area contributed by atoms with Gasteiger partial charge in [0.25, 0.3) is 5.91 Å². The van der Waals surface area contributed by atoms with Crippen molar-refractivity contribution in [1.82, 2.24) is 20.1 Å². The number of amides is 2. The van der Waals surface area contributed by atoms with E-state index in [-0.39, 0.29) is 23.6 Å². The van der Waals surface area contributed by atoms with Crippen molar-refractivity contribution in [2.75, 3.05) is 11.1 Å². The first-order valence-electron chi connectivity index (χ1n) is 9.70. The Labute approximate surface area is 199 Å². The molecule has 0 aliphatic heterocycles. The molecule has 7 nitrogen and oxygen atoms in total. The van der Waals surface area contributed by atoms with Crippen LogP contribution in [0.1, 0.15) is 40.3 Å². The molecule has 2 amide bonds. The number of rotatable bonds is 7. The number of carbonyl (C=O) groups excluding carboxylic acids is 2. The number of thioether (sulfide) groups is 1. The second-order valence-electron chi connectivity index (χ2n) is 7.26. The fourth-order valence-corrected chi connectivity index (χ4v) is 4.33. The first-order valence-corrected chi connectivity index (χ1v) is 11.8. The fraction of sp³-hybridized carbons (Fsp3) is 0.273. The molecule has 0 unspecified atom stereocenters. The normalized spacial score (nSPS) is 11.8. The molecule has 0 saturated carbocycles. The van der Waals surface area contributed by atoms with Gasteiger partial charge in [-0.05, 0) is 79.3 Å². The minimum atomic E-state index is -0.330. The second kappa shape index (κ2) is 10.3. The van der Waals surface area contributed by atoms with Gasteiger partial charge in [0, 0.05) is 21.9 Å². The number of aryl methyl sites for hydroxylation is 2. The molecule has 9 heteroatoms. The summed E-state index contributed by atoms with van der Waals surface area (Å²) in [6.07, 6.45) is 0. The van der Waals surface area contributed by atoms with Gasteiger partial charge in [0.2, 0.25) is 5.91 Å². The highest BCUT2D eigenvalue weighted by Crippen LogP contribution is 2.21. The lowest BCUT2D eigenvalue weighted by Gasteiger charge is -2.14. The molecule has 1 heterocycles. The minimum absolute atomic E-state index is 0.111. The maximum absolute atomic E-state index is 12.5. The fourth-order valence-electron chi connectivity index (χ4n) is 2.96. The number of benzene rings is 2. The van der Waals surface area contributed by atoms with Gasteiger partial charge < -0.3 is 15.2 Å². The average Bonchev–Trinajstić information content (AvgIpc) is 3.09. The molecule has 0 radical (unpaired) electrons. The third-order valence-corrected chi connectivity index (χ3v) is 6.40. The van der Waals surface area contributed by atoms with Crippen molar-refractivity contribution >= 4 is 51.9 Å². The van der Waals surface area contributed by atoms with Crippen molar-refractivity contribution in [2.24, 2.45) is 7.05 Å². The second-order valence-corrected chi connectivity index (χ2v) is 9.45. The standard InChI is InChI=1S/C22H24IN5O2S/c1-13-5-7-16(8-6-13)21(30)24-15(3)20-26-27-22(28(20)4)31-12-19(29)25-18-10-9-17(23)11-14(18)2/h5-11,15H,12H2,1-4H3,(H,24,30)(H,25,29)/t15-/m1/s1. The van der Waals surface area contributed by atoms with Gasteiger partial charge >= 0.3 is 0 Å². The molecule has 2 aromatic carbocycles. The van der Waals surface area contributed by atoms with E-state index >= 15 is 0 Å². The topological polar surface area (TPSA) is 88.9 Å². The highest BCUT2D eigenvalue weighted by Gasteiger charge is 2.19. The molecule has 1 aromatic heterocycles. The Kier molecular flexibility index (Phi) is 7.71. The number of aromatic nitrogens is 3. The number of nitrogens with one attached hydrogen (secondary N) is 2. The molecular weight excluding hydrogens is 525 g/mol. The number of carbonyl (C=O) groups is 2. The molecule has 0 spiro atoms. The van der Waals surface area contributed by atoms with Crippen molar-refractivity contribution in [3.05, 3.63) is 68.5 Å². The minimum Gasteiger partial charge on any atom is -0.342 e. The molecule has 0 aliphatic carbocycles. The highest BCUT2D eigenvalue weighted by molar-refractivity contribution is 14.1. The zero-order chi connectivity index (χ0) is 22.5. The zero-order valence-electron chi connectivity index (χ0n) is 17.8. The SMILES string of the molecule is Cc1ccc(C(=O)N[C@H](C)c2nnc(SCC(=O)Nc3ccc(I)cc3C)n2C)cc1. The van der Waals surface area contributed by atoms with Crippen molar-refractivity contribution in [2.45, 2.75) is 32.0 Å². The van der Waals surface area contributed by atoms with Crippen LogP contribution in [0.4, 0.5) is 5.69 Å². The van der Waals surface area contributed by atoms with E-state index in [1.54, 1.807) is 16.7 Å². The van der Waals surface area contributed by atoms with Gasteiger partial charge in [-0.15, -0.1) is 10.2 Å². The van der Waals surface area contributed by atoms with Crippen LogP contribution >= 0.6 is 34.4 Å². The summed E-state index contributed by atoms with van der Waals surface area (Å²) in [5.74, 6) is 0.551. The predicted octanol–water partition coefficient (Wildman–Crippen LogP) is 4.26. The van der Waals surface area contributed by atoms with Crippen LogP contribution in [-0.2, 0) is 11.8 Å². The van der Waals surface area contributed by atoms with Crippen LogP contribution in [0.15, 0.2) is 47.6 Å². The molecule has 0 bridgehead atoms. The molecule has 3 aromatic rings. The third kappa shape index (κ3) is 6.07. The molecule has 2 N–H and O–H groups in total. The lowest BCUT2D eigenvalue weighted by molar-refractivity contribution is -0.113. The van der Waals surface area contributed by atoms with E-state index in [1.165, 1.54) is 11.8 Å². The first kappa shape index (κ1) is 23.3. The van der Waals surface area contributed by atoms with Crippen molar-refractivity contribution in [3.8, 4) is 0 Å². The van der Waals surface area contributed by atoms with E-state index < -0.39 is 0 Å².